The molecule has 3 rings (SSSR count). The van der Waals surface area contributed by atoms with Crippen molar-refractivity contribution in [2.45, 2.75) is 50.1 Å². The van der Waals surface area contributed by atoms with Crippen LogP contribution in [0.1, 0.15) is 43.6 Å². The molecular weight excluding hydrogens is 258 g/mol. The summed E-state index contributed by atoms with van der Waals surface area (Å²) in [6.45, 7) is 2.58. The molecule has 3 heteroatoms. The molecule has 1 aliphatic heterocycles. The van der Waals surface area contributed by atoms with Gasteiger partial charge < -0.3 is 5.32 Å². The SMILES string of the molecule is N#CCN1CC(NC2CCCC2)CC(c2ccccc2)C1. The monoisotopic (exact) mass is 283 g/mol. The second-order valence-electron chi connectivity index (χ2n) is 6.54. The van der Waals surface area contributed by atoms with Crippen molar-refractivity contribution in [3.8, 4) is 6.07 Å². The first-order valence-electron chi connectivity index (χ1n) is 8.25. The van der Waals surface area contributed by atoms with Gasteiger partial charge in [0.25, 0.3) is 0 Å². The number of benzene rings is 1. The summed E-state index contributed by atoms with van der Waals surface area (Å²) in [5.41, 5.74) is 1.42. The molecule has 1 heterocycles. The molecule has 3 nitrogen and oxygen atoms in total. The van der Waals surface area contributed by atoms with Crippen LogP contribution in [0.25, 0.3) is 0 Å². The molecule has 112 valence electrons. The molecule has 0 aromatic heterocycles. The molecule has 2 fully saturated rings. The van der Waals surface area contributed by atoms with Crippen molar-refractivity contribution in [3.63, 3.8) is 0 Å². The highest BCUT2D eigenvalue weighted by Gasteiger charge is 2.29. The van der Waals surface area contributed by atoms with Crippen LogP contribution in [0.5, 0.6) is 0 Å². The molecule has 0 bridgehead atoms. The van der Waals surface area contributed by atoms with Crippen molar-refractivity contribution in [3.05, 3.63) is 35.9 Å². The predicted molar refractivity (Wildman–Crippen MR) is 85.0 cm³/mol. The van der Waals surface area contributed by atoms with Gasteiger partial charge in [0.05, 0.1) is 12.6 Å². The third kappa shape index (κ3) is 3.84. The largest absolute Gasteiger partial charge is 0.310 e. The maximum Gasteiger partial charge on any atom is 0.0866 e. The summed E-state index contributed by atoms with van der Waals surface area (Å²) < 4.78 is 0. The molecule has 1 saturated heterocycles. The number of piperidine rings is 1. The fourth-order valence-corrected chi connectivity index (χ4v) is 3.93. The van der Waals surface area contributed by atoms with Gasteiger partial charge >= 0.3 is 0 Å². The van der Waals surface area contributed by atoms with Crippen LogP contribution in [0.4, 0.5) is 0 Å². The minimum atomic E-state index is 0.528. The number of hydrogen-bond acceptors (Lipinski definition) is 3. The molecule has 21 heavy (non-hydrogen) atoms. The van der Waals surface area contributed by atoms with E-state index >= 15 is 0 Å². The molecule has 2 unspecified atom stereocenters. The van der Waals surface area contributed by atoms with E-state index in [4.69, 9.17) is 5.26 Å². The number of nitrogens with zero attached hydrogens (tertiary/aromatic N) is 2. The normalized spacial score (nSPS) is 27.6. The maximum absolute atomic E-state index is 9.03. The first-order valence-corrected chi connectivity index (χ1v) is 8.25. The summed E-state index contributed by atoms with van der Waals surface area (Å²) in [6.07, 6.45) is 6.58. The van der Waals surface area contributed by atoms with E-state index in [1.165, 1.54) is 37.7 Å². The number of nitrogens with one attached hydrogen (secondary N) is 1. The van der Waals surface area contributed by atoms with Gasteiger partial charge in [0.1, 0.15) is 0 Å². The Morgan fingerprint density at radius 2 is 1.86 bits per heavy atom. The number of nitriles is 1. The van der Waals surface area contributed by atoms with Crippen LogP contribution in [0, 0.1) is 11.3 Å². The zero-order valence-electron chi connectivity index (χ0n) is 12.7. The Labute approximate surface area is 128 Å². The molecule has 1 aliphatic carbocycles. The fourth-order valence-electron chi connectivity index (χ4n) is 3.93. The van der Waals surface area contributed by atoms with Gasteiger partial charge in [-0.2, -0.15) is 5.26 Å². The number of rotatable bonds is 4. The average molecular weight is 283 g/mol. The number of hydrogen-bond donors (Lipinski definition) is 1. The van der Waals surface area contributed by atoms with Gasteiger partial charge in [-0.15, -0.1) is 0 Å². The van der Waals surface area contributed by atoms with Gasteiger partial charge in [-0.05, 0) is 30.7 Å². The topological polar surface area (TPSA) is 39.1 Å². The molecule has 0 amide bonds. The summed E-state index contributed by atoms with van der Waals surface area (Å²) in [7, 11) is 0. The molecule has 1 N–H and O–H groups in total. The van der Waals surface area contributed by atoms with Gasteiger partial charge in [0, 0.05) is 25.2 Å². The van der Waals surface area contributed by atoms with Gasteiger partial charge in [0.15, 0.2) is 0 Å². The summed E-state index contributed by atoms with van der Waals surface area (Å²) in [4.78, 5) is 2.31. The molecule has 2 atom stereocenters. The van der Waals surface area contributed by atoms with E-state index in [1.807, 2.05) is 0 Å². The van der Waals surface area contributed by atoms with Crippen LogP contribution in [-0.2, 0) is 0 Å². The summed E-state index contributed by atoms with van der Waals surface area (Å²) in [6, 6.07) is 14.3. The lowest BCUT2D eigenvalue weighted by Gasteiger charge is -2.38. The Hall–Kier alpha value is -1.37. The summed E-state index contributed by atoms with van der Waals surface area (Å²) >= 11 is 0. The molecule has 1 aromatic rings. The van der Waals surface area contributed by atoms with E-state index in [2.05, 4.69) is 46.6 Å². The van der Waals surface area contributed by atoms with Gasteiger partial charge in [0.2, 0.25) is 0 Å². The molecule has 1 aromatic carbocycles. The van der Waals surface area contributed by atoms with Crippen molar-refractivity contribution in [1.82, 2.24) is 10.2 Å². The third-order valence-electron chi connectivity index (χ3n) is 4.92. The Morgan fingerprint density at radius 3 is 2.57 bits per heavy atom. The fraction of sp³-hybridized carbons (Fsp3) is 0.611. The highest BCUT2D eigenvalue weighted by Crippen LogP contribution is 2.28. The van der Waals surface area contributed by atoms with Gasteiger partial charge in [-0.1, -0.05) is 43.2 Å². The van der Waals surface area contributed by atoms with E-state index in [-0.39, 0.29) is 0 Å². The van der Waals surface area contributed by atoms with Crippen LogP contribution >= 0.6 is 0 Å². The minimum Gasteiger partial charge on any atom is -0.310 e. The lowest BCUT2D eigenvalue weighted by atomic mass is 9.87. The Balaban J connectivity index is 1.67. The lowest BCUT2D eigenvalue weighted by molar-refractivity contribution is 0.180. The highest BCUT2D eigenvalue weighted by molar-refractivity contribution is 5.21. The summed E-state index contributed by atoms with van der Waals surface area (Å²) in [5, 5.41) is 12.9. The summed E-state index contributed by atoms with van der Waals surface area (Å²) in [5.74, 6) is 0.548. The third-order valence-corrected chi connectivity index (χ3v) is 4.92. The van der Waals surface area contributed by atoms with Crippen molar-refractivity contribution >= 4 is 0 Å². The minimum absolute atomic E-state index is 0.528. The first kappa shape index (κ1) is 14.6. The van der Waals surface area contributed by atoms with Crippen molar-refractivity contribution in [1.29, 1.82) is 5.26 Å². The smallest absolute Gasteiger partial charge is 0.0866 e. The molecule has 0 spiro atoms. The van der Waals surface area contributed by atoms with E-state index in [1.54, 1.807) is 0 Å². The van der Waals surface area contributed by atoms with Crippen LogP contribution in [0.15, 0.2) is 30.3 Å². The average Bonchev–Trinajstić information content (AvgIpc) is 3.01. The molecule has 2 aliphatic rings. The van der Waals surface area contributed by atoms with E-state index < -0.39 is 0 Å². The van der Waals surface area contributed by atoms with E-state index in [0.29, 0.717) is 24.5 Å². The van der Waals surface area contributed by atoms with E-state index in [0.717, 1.165) is 13.1 Å². The van der Waals surface area contributed by atoms with Crippen LogP contribution in [-0.4, -0.2) is 36.6 Å². The second kappa shape index (κ2) is 7.06. The Kier molecular flexibility index (Phi) is 4.90. The zero-order chi connectivity index (χ0) is 14.5. The standard InChI is InChI=1S/C18H25N3/c19-10-11-21-13-16(15-6-2-1-3-7-15)12-18(14-21)20-17-8-4-5-9-17/h1-3,6-7,16-18,20H,4-5,8-9,11-14H2. The molecular formula is C18H25N3. The van der Waals surface area contributed by atoms with Gasteiger partial charge in [-0.25, -0.2) is 0 Å². The zero-order valence-corrected chi connectivity index (χ0v) is 12.7. The van der Waals surface area contributed by atoms with Crippen molar-refractivity contribution in [2.24, 2.45) is 0 Å². The Morgan fingerprint density at radius 1 is 1.10 bits per heavy atom. The second-order valence-corrected chi connectivity index (χ2v) is 6.54. The van der Waals surface area contributed by atoms with Crippen molar-refractivity contribution in [2.75, 3.05) is 19.6 Å². The van der Waals surface area contributed by atoms with Crippen LogP contribution in [0.2, 0.25) is 0 Å². The van der Waals surface area contributed by atoms with Crippen LogP contribution in [0.3, 0.4) is 0 Å². The predicted octanol–water partition coefficient (Wildman–Crippen LogP) is 2.90. The quantitative estimate of drug-likeness (QED) is 0.864. The number of likely N-dealkylation sites (tertiary alicyclic amines) is 1. The van der Waals surface area contributed by atoms with E-state index in [9.17, 15) is 0 Å². The maximum atomic E-state index is 9.03. The molecule has 0 radical (unpaired) electrons. The molecule has 1 saturated carbocycles. The van der Waals surface area contributed by atoms with Crippen LogP contribution < -0.4 is 5.32 Å². The Bertz CT molecular complexity index is 473. The lowest BCUT2D eigenvalue weighted by Crippen LogP contribution is -2.50. The van der Waals surface area contributed by atoms with Gasteiger partial charge in [-0.3, -0.25) is 4.90 Å². The van der Waals surface area contributed by atoms with Crippen molar-refractivity contribution < 1.29 is 0 Å². The highest BCUT2D eigenvalue weighted by atomic mass is 15.2. The first-order chi connectivity index (χ1) is 10.3.